The minimum Gasteiger partial charge on any atom is -0.456 e. The molecule has 15 heteroatoms. The molecular weight excluding hydrogens is 596 g/mol. The van der Waals surface area contributed by atoms with Crippen LogP contribution in [0.5, 0.6) is 11.5 Å². The summed E-state index contributed by atoms with van der Waals surface area (Å²) < 4.78 is 46.2. The largest absolute Gasteiger partial charge is 0.456 e. The van der Waals surface area contributed by atoms with Crippen molar-refractivity contribution in [2.24, 2.45) is 11.5 Å². The lowest BCUT2D eigenvalue weighted by atomic mass is 10.1. The van der Waals surface area contributed by atoms with E-state index < -0.39 is 23.2 Å². The predicted molar refractivity (Wildman–Crippen MR) is 153 cm³/mol. The number of aromatic nitrogens is 3. The van der Waals surface area contributed by atoms with Crippen LogP contribution in [0, 0.1) is 0 Å². The number of nitrogens with one attached hydrogen (secondary N) is 1. The zero-order chi connectivity index (χ0) is 28.1. The Morgan fingerprint density at radius 3 is 2.38 bits per heavy atom. The van der Waals surface area contributed by atoms with Crippen molar-refractivity contribution in [3.05, 3.63) is 71.6 Å². The Kier molecular flexibility index (Phi) is 12.5. The minimum absolute atomic E-state index is 0. The summed E-state index contributed by atoms with van der Waals surface area (Å²) in [6, 6.07) is 11.3. The number of hydrogen-bond acceptors (Lipinski definition) is 7. The number of rotatable bonds is 7. The molecule has 0 aliphatic heterocycles. The van der Waals surface area contributed by atoms with Crippen LogP contribution in [0.15, 0.2) is 61.1 Å². The lowest BCUT2D eigenvalue weighted by Crippen LogP contribution is -2.37. The number of benzene rings is 2. The molecule has 6 N–H and O–H groups in total. The van der Waals surface area contributed by atoms with E-state index in [0.717, 1.165) is 23.2 Å². The van der Waals surface area contributed by atoms with Crippen LogP contribution < -0.4 is 21.5 Å². The molecule has 0 fully saturated rings. The first-order chi connectivity index (χ1) is 17.8. The summed E-state index contributed by atoms with van der Waals surface area (Å²) in [7, 11) is 0. The molecule has 4 rings (SSSR count). The number of aliphatic hydroxyl groups is 1. The molecule has 0 aliphatic carbocycles. The summed E-state index contributed by atoms with van der Waals surface area (Å²) in [5.74, 6) is 0.138. The van der Waals surface area contributed by atoms with E-state index in [1.54, 1.807) is 18.2 Å². The second kappa shape index (κ2) is 14.4. The summed E-state index contributed by atoms with van der Waals surface area (Å²) >= 11 is 6.31. The zero-order valence-corrected chi connectivity index (χ0v) is 23.7. The predicted octanol–water partition coefficient (Wildman–Crippen LogP) is 5.68. The number of halogens is 6. The zero-order valence-electron chi connectivity index (χ0n) is 21.3. The number of primary amides is 1. The molecule has 0 atom stereocenters. The lowest BCUT2D eigenvalue weighted by molar-refractivity contribution is -0.137. The Morgan fingerprint density at radius 2 is 1.80 bits per heavy atom. The molecule has 2 aromatic carbocycles. The average molecular weight is 624 g/mol. The average Bonchev–Trinajstić information content (AvgIpc) is 3.24. The molecule has 2 heterocycles. The van der Waals surface area contributed by atoms with E-state index in [-0.39, 0.29) is 41.3 Å². The topological polar surface area (TPSA) is 141 Å². The van der Waals surface area contributed by atoms with Gasteiger partial charge in [0.15, 0.2) is 5.82 Å². The van der Waals surface area contributed by atoms with Crippen molar-refractivity contribution >= 4 is 64.9 Å². The fourth-order valence-electron chi connectivity index (χ4n) is 3.11. The SMILES string of the molecule is CC(C)(O)C(N)=O.Cl.Cl.NCCn1ccc2ncnc(Nc3ccc(Oc4cccc(C(F)(F)F)c4)c(Cl)c3)c21. The van der Waals surface area contributed by atoms with Crippen molar-refractivity contribution in [3.8, 4) is 11.5 Å². The van der Waals surface area contributed by atoms with Gasteiger partial charge in [-0.05, 0) is 56.3 Å². The van der Waals surface area contributed by atoms with E-state index >= 15 is 0 Å². The van der Waals surface area contributed by atoms with Crippen molar-refractivity contribution < 1.29 is 27.8 Å². The second-order valence-electron chi connectivity index (χ2n) is 8.58. The number of carbonyl (C=O) groups excluding carboxylic acids is 1. The van der Waals surface area contributed by atoms with Gasteiger partial charge >= 0.3 is 6.18 Å². The van der Waals surface area contributed by atoms with E-state index in [2.05, 4.69) is 21.0 Å². The summed E-state index contributed by atoms with van der Waals surface area (Å²) in [4.78, 5) is 18.5. The number of alkyl halides is 3. The third kappa shape index (κ3) is 9.14. The first-order valence-corrected chi connectivity index (χ1v) is 11.6. The number of nitrogens with two attached hydrogens (primary N) is 2. The molecule has 0 saturated heterocycles. The molecule has 0 unspecified atom stereocenters. The fraction of sp³-hybridized carbons (Fsp3) is 0.240. The third-order valence-corrected chi connectivity index (χ3v) is 5.40. The van der Waals surface area contributed by atoms with E-state index in [1.807, 2.05) is 16.8 Å². The van der Waals surface area contributed by atoms with Crippen molar-refractivity contribution in [1.82, 2.24) is 14.5 Å². The maximum atomic E-state index is 12.9. The van der Waals surface area contributed by atoms with Crippen LogP contribution in [0.3, 0.4) is 0 Å². The van der Waals surface area contributed by atoms with Crippen molar-refractivity contribution in [2.75, 3.05) is 11.9 Å². The highest BCUT2D eigenvalue weighted by Gasteiger charge is 2.30. The van der Waals surface area contributed by atoms with Gasteiger partial charge in [-0.1, -0.05) is 17.7 Å². The maximum absolute atomic E-state index is 12.9. The van der Waals surface area contributed by atoms with Gasteiger partial charge in [0.1, 0.15) is 28.9 Å². The van der Waals surface area contributed by atoms with Gasteiger partial charge in [0.25, 0.3) is 0 Å². The Hall–Kier alpha value is -3.29. The number of fused-ring (bicyclic) bond motifs is 1. The summed E-state index contributed by atoms with van der Waals surface area (Å²) in [6.07, 6.45) is -1.12. The van der Waals surface area contributed by atoms with Crippen LogP contribution in [-0.2, 0) is 17.5 Å². The first kappa shape index (κ1) is 34.7. The van der Waals surface area contributed by atoms with Crippen LogP contribution in [-0.4, -0.2) is 37.7 Å². The Morgan fingerprint density at radius 1 is 1.12 bits per heavy atom. The Bertz CT molecular complexity index is 1430. The number of nitrogens with zero attached hydrogens (tertiary/aromatic N) is 3. The highest BCUT2D eigenvalue weighted by Crippen LogP contribution is 2.36. The van der Waals surface area contributed by atoms with E-state index in [1.165, 1.54) is 32.3 Å². The summed E-state index contributed by atoms with van der Waals surface area (Å²) in [5, 5.41) is 12.0. The van der Waals surface area contributed by atoms with Crippen LogP contribution in [0.25, 0.3) is 11.0 Å². The van der Waals surface area contributed by atoms with E-state index in [4.69, 9.17) is 27.2 Å². The van der Waals surface area contributed by atoms with Gasteiger partial charge < -0.3 is 31.2 Å². The van der Waals surface area contributed by atoms with Crippen LogP contribution in [0.2, 0.25) is 5.02 Å². The molecule has 0 saturated carbocycles. The lowest BCUT2D eigenvalue weighted by Gasteiger charge is -2.13. The quantitative estimate of drug-likeness (QED) is 0.207. The molecular formula is C25H28Cl3F3N6O3. The smallest absolute Gasteiger partial charge is 0.416 e. The van der Waals surface area contributed by atoms with Gasteiger partial charge in [-0.15, -0.1) is 24.8 Å². The van der Waals surface area contributed by atoms with Crippen LogP contribution in [0.4, 0.5) is 24.7 Å². The van der Waals surface area contributed by atoms with Gasteiger partial charge in [0, 0.05) is 25.0 Å². The van der Waals surface area contributed by atoms with Gasteiger partial charge in [0.05, 0.1) is 16.1 Å². The molecule has 0 radical (unpaired) electrons. The highest BCUT2D eigenvalue weighted by atomic mass is 35.5. The van der Waals surface area contributed by atoms with Gasteiger partial charge in [-0.3, -0.25) is 4.79 Å². The fourth-order valence-corrected chi connectivity index (χ4v) is 3.33. The van der Waals surface area contributed by atoms with Crippen molar-refractivity contribution in [1.29, 1.82) is 0 Å². The van der Waals surface area contributed by atoms with Gasteiger partial charge in [-0.2, -0.15) is 13.2 Å². The standard InChI is InChI=1S/C21H17ClF3N5O.C4H9NO2.2ClH/c22-16-11-14(29-20-19-17(27-12-28-20)6-8-30(19)9-7-26)4-5-18(16)31-15-3-1-2-13(10-15)21(23,24)25;1-4(2,7)3(5)6;;/h1-6,8,10-12H,7,9,26H2,(H,27,28,29);7H,1-2H3,(H2,5,6);2*1H. The third-order valence-electron chi connectivity index (χ3n) is 5.11. The number of ether oxygens (including phenoxy) is 1. The van der Waals surface area contributed by atoms with Crippen molar-refractivity contribution in [2.45, 2.75) is 32.2 Å². The maximum Gasteiger partial charge on any atom is 0.416 e. The molecule has 1 amide bonds. The monoisotopic (exact) mass is 622 g/mol. The molecule has 0 aliphatic rings. The van der Waals surface area contributed by atoms with Crippen molar-refractivity contribution in [3.63, 3.8) is 0 Å². The first-order valence-electron chi connectivity index (χ1n) is 11.2. The van der Waals surface area contributed by atoms with Crippen LogP contribution in [0.1, 0.15) is 19.4 Å². The van der Waals surface area contributed by atoms with Crippen LogP contribution >= 0.6 is 36.4 Å². The summed E-state index contributed by atoms with van der Waals surface area (Å²) in [5.41, 5.74) is 10.4. The Labute approximate surface area is 245 Å². The second-order valence-corrected chi connectivity index (χ2v) is 8.98. The molecule has 0 bridgehead atoms. The molecule has 0 spiro atoms. The molecule has 9 nitrogen and oxygen atoms in total. The van der Waals surface area contributed by atoms with E-state index in [0.29, 0.717) is 24.6 Å². The minimum atomic E-state index is -4.46. The van der Waals surface area contributed by atoms with E-state index in [9.17, 15) is 18.0 Å². The number of amides is 1. The normalized spacial score (nSPS) is 11.0. The molecule has 218 valence electrons. The number of hydrogen-bond donors (Lipinski definition) is 4. The van der Waals surface area contributed by atoms with Gasteiger partial charge in [-0.25, -0.2) is 9.97 Å². The number of carbonyl (C=O) groups is 1. The molecule has 4 aromatic rings. The Balaban J connectivity index is 0.000000792. The van der Waals surface area contributed by atoms with Gasteiger partial charge in [0.2, 0.25) is 5.91 Å². The number of anilines is 2. The highest BCUT2D eigenvalue weighted by molar-refractivity contribution is 6.32. The molecule has 2 aromatic heterocycles. The summed E-state index contributed by atoms with van der Waals surface area (Å²) in [6.45, 7) is 3.76. The molecule has 40 heavy (non-hydrogen) atoms.